The molecule has 3 rings (SSSR count). The Morgan fingerprint density at radius 3 is 2.30 bits per heavy atom. The van der Waals surface area contributed by atoms with Crippen LogP contribution in [0.5, 0.6) is 0 Å². The maximum Gasteiger partial charge on any atom is 0.410 e. The lowest BCUT2D eigenvalue weighted by Crippen LogP contribution is -2.47. The van der Waals surface area contributed by atoms with E-state index in [4.69, 9.17) is 9.84 Å². The highest BCUT2D eigenvalue weighted by Crippen LogP contribution is 2.33. The maximum absolute atomic E-state index is 12.3. The molecule has 0 radical (unpaired) electrons. The maximum atomic E-state index is 12.3. The Bertz CT molecular complexity index is 1050. The third kappa shape index (κ3) is 9.59. The van der Waals surface area contributed by atoms with Gasteiger partial charge in [-0.1, -0.05) is 61.8 Å². The smallest absolute Gasteiger partial charge is 0.410 e. The van der Waals surface area contributed by atoms with Crippen molar-refractivity contribution in [3.8, 4) is 0 Å². The van der Waals surface area contributed by atoms with Crippen LogP contribution in [0.4, 0.5) is 4.79 Å². The quantitative estimate of drug-likeness (QED) is 0.267. The topological polar surface area (TPSA) is 85.3 Å². The van der Waals surface area contributed by atoms with Gasteiger partial charge in [-0.15, -0.1) is 0 Å². The molecule has 3 fully saturated rings. The van der Waals surface area contributed by atoms with Gasteiger partial charge in [-0.3, -0.25) is 4.90 Å². The molecule has 8 nitrogen and oxygen atoms in total. The molecule has 2 N–H and O–H groups in total. The first kappa shape index (κ1) is 32.7. The molecule has 0 aromatic rings. The number of carbonyl (C=O) groups is 2. The van der Waals surface area contributed by atoms with Crippen molar-refractivity contribution in [2.45, 2.75) is 52.1 Å². The fraction of sp³-hybridized carbons (Fsp3) is 0.500. The second-order valence-corrected chi connectivity index (χ2v) is 10.5. The first-order chi connectivity index (χ1) is 19.1. The van der Waals surface area contributed by atoms with Gasteiger partial charge in [-0.05, 0) is 44.8 Å². The molecule has 1 spiro atoms. The Balaban J connectivity index is 0.000000526. The molecule has 0 aliphatic carbocycles. The van der Waals surface area contributed by atoms with Crippen LogP contribution in [0.2, 0.25) is 0 Å². The molecule has 0 bridgehead atoms. The SMILES string of the molecule is C=C(C)/C(=C/C=C\C)C(=C)CN1CCC2(CC1)CN(C/C=C\C(=C/C)C(=O)O)C(=O)O2.C=C(NC)N1CCCC1. The largest absolute Gasteiger partial charge is 0.478 e. The molecule has 3 aliphatic rings. The van der Waals surface area contributed by atoms with E-state index in [1.807, 2.05) is 39.1 Å². The van der Waals surface area contributed by atoms with Crippen LogP contribution in [0.3, 0.4) is 0 Å². The number of carboxylic acid groups (broad SMARTS) is 1. The summed E-state index contributed by atoms with van der Waals surface area (Å²) in [5.41, 5.74) is 2.85. The number of rotatable bonds is 11. The molecular weight excluding hydrogens is 504 g/mol. The summed E-state index contributed by atoms with van der Waals surface area (Å²) in [6.45, 7) is 23.5. The average Bonchev–Trinajstić information content (AvgIpc) is 3.56. The third-order valence-electron chi connectivity index (χ3n) is 7.48. The van der Waals surface area contributed by atoms with E-state index >= 15 is 0 Å². The van der Waals surface area contributed by atoms with E-state index in [1.165, 1.54) is 38.1 Å². The van der Waals surface area contributed by atoms with Crippen LogP contribution in [0, 0.1) is 0 Å². The van der Waals surface area contributed by atoms with Crippen LogP contribution in [0.1, 0.15) is 46.5 Å². The summed E-state index contributed by atoms with van der Waals surface area (Å²) in [6.07, 6.45) is 14.6. The van der Waals surface area contributed by atoms with Crippen molar-refractivity contribution >= 4 is 12.1 Å². The molecule has 0 saturated carbocycles. The molecule has 40 heavy (non-hydrogen) atoms. The summed E-state index contributed by atoms with van der Waals surface area (Å²) >= 11 is 0. The number of nitrogens with one attached hydrogen (secondary N) is 1. The standard InChI is InChI=1S/C25H34N2O4.C7H14N2/c1-6-8-11-22(19(3)4)20(5)17-26-15-12-25(13-16-26)18-27(24(30)31-25)14-9-10-21(7-2)23(28)29;1-7(8-2)9-5-3-4-6-9/h6-11H,3,5,12-18H2,1-2,4H3,(H,28,29);8H,1,3-6H2,2H3/b8-6-,10-9-,21-7+,22-11-;. The molecule has 3 saturated heterocycles. The number of carbonyl (C=O) groups excluding carboxylic acids is 1. The van der Waals surface area contributed by atoms with Crippen molar-refractivity contribution in [2.75, 3.05) is 52.9 Å². The van der Waals surface area contributed by atoms with Crippen molar-refractivity contribution in [3.05, 3.63) is 84.3 Å². The van der Waals surface area contributed by atoms with Gasteiger partial charge < -0.3 is 25.0 Å². The van der Waals surface area contributed by atoms with Crippen molar-refractivity contribution in [3.63, 3.8) is 0 Å². The Labute approximate surface area is 240 Å². The van der Waals surface area contributed by atoms with Crippen molar-refractivity contribution < 1.29 is 19.4 Å². The number of carboxylic acids is 1. The Hall–Kier alpha value is -3.52. The van der Waals surface area contributed by atoms with Gasteiger partial charge in [-0.2, -0.15) is 0 Å². The molecular formula is C32H48N4O4. The van der Waals surface area contributed by atoms with E-state index in [9.17, 15) is 9.59 Å². The van der Waals surface area contributed by atoms with Crippen LogP contribution in [0.25, 0.3) is 0 Å². The van der Waals surface area contributed by atoms with E-state index in [1.54, 1.807) is 17.9 Å². The zero-order valence-corrected chi connectivity index (χ0v) is 24.9. The van der Waals surface area contributed by atoms with Crippen LogP contribution in [-0.4, -0.2) is 90.3 Å². The predicted molar refractivity (Wildman–Crippen MR) is 163 cm³/mol. The van der Waals surface area contributed by atoms with Gasteiger partial charge in [0.15, 0.2) is 0 Å². The van der Waals surface area contributed by atoms with Gasteiger partial charge in [-0.25, -0.2) is 9.59 Å². The number of ether oxygens (including phenoxy) is 1. The molecule has 3 aliphatic heterocycles. The van der Waals surface area contributed by atoms with E-state index in [2.05, 4.69) is 34.9 Å². The number of hydrogen-bond acceptors (Lipinski definition) is 6. The molecule has 3 heterocycles. The fourth-order valence-corrected chi connectivity index (χ4v) is 5.06. The lowest BCUT2D eigenvalue weighted by Gasteiger charge is -2.37. The van der Waals surface area contributed by atoms with Crippen molar-refractivity contribution in [2.24, 2.45) is 0 Å². The zero-order valence-electron chi connectivity index (χ0n) is 24.9. The normalized spacial score (nSPS) is 19.6. The minimum atomic E-state index is -0.983. The van der Waals surface area contributed by atoms with Gasteiger partial charge >= 0.3 is 12.1 Å². The average molecular weight is 553 g/mol. The molecule has 0 unspecified atom stereocenters. The first-order valence-corrected chi connectivity index (χ1v) is 14.1. The summed E-state index contributed by atoms with van der Waals surface area (Å²) in [4.78, 5) is 29.6. The van der Waals surface area contributed by atoms with Crippen molar-refractivity contribution in [1.29, 1.82) is 0 Å². The van der Waals surface area contributed by atoms with E-state index in [0.717, 1.165) is 55.0 Å². The number of aliphatic carboxylic acids is 1. The highest BCUT2D eigenvalue weighted by atomic mass is 16.6. The summed E-state index contributed by atoms with van der Waals surface area (Å²) in [5.74, 6) is 0.0797. The molecule has 220 valence electrons. The number of hydrogen-bond donors (Lipinski definition) is 2. The first-order valence-electron chi connectivity index (χ1n) is 14.1. The fourth-order valence-electron chi connectivity index (χ4n) is 5.06. The number of likely N-dealkylation sites (tertiary alicyclic amines) is 2. The van der Waals surface area contributed by atoms with Crippen LogP contribution >= 0.6 is 0 Å². The van der Waals surface area contributed by atoms with E-state index in [-0.39, 0.29) is 11.7 Å². The molecule has 0 atom stereocenters. The van der Waals surface area contributed by atoms with E-state index < -0.39 is 11.6 Å². The van der Waals surface area contributed by atoms with Gasteiger partial charge in [0, 0.05) is 59.2 Å². The summed E-state index contributed by atoms with van der Waals surface area (Å²) in [7, 11) is 1.92. The molecule has 1 amide bonds. The lowest BCUT2D eigenvalue weighted by molar-refractivity contribution is -0.132. The number of allylic oxidation sites excluding steroid dienone is 5. The predicted octanol–water partition coefficient (Wildman–Crippen LogP) is 5.27. The highest BCUT2D eigenvalue weighted by Gasteiger charge is 2.46. The summed E-state index contributed by atoms with van der Waals surface area (Å²) < 4.78 is 5.76. The molecule has 0 aromatic heterocycles. The summed E-state index contributed by atoms with van der Waals surface area (Å²) in [6, 6.07) is 0. The number of amides is 1. The number of piperidine rings is 1. The van der Waals surface area contributed by atoms with Gasteiger partial charge in [0.1, 0.15) is 5.60 Å². The van der Waals surface area contributed by atoms with Gasteiger partial charge in [0.25, 0.3) is 0 Å². The molecule has 0 aromatic carbocycles. The minimum Gasteiger partial charge on any atom is -0.478 e. The van der Waals surface area contributed by atoms with Crippen LogP contribution in [0.15, 0.2) is 84.3 Å². The van der Waals surface area contributed by atoms with Gasteiger partial charge in [0.2, 0.25) is 0 Å². The summed E-state index contributed by atoms with van der Waals surface area (Å²) in [5, 5.41) is 12.1. The highest BCUT2D eigenvalue weighted by molar-refractivity contribution is 5.89. The third-order valence-corrected chi connectivity index (χ3v) is 7.48. The van der Waals surface area contributed by atoms with E-state index in [0.29, 0.717) is 13.1 Å². The molecule has 8 heteroatoms. The second kappa shape index (κ2) is 15.9. The lowest BCUT2D eigenvalue weighted by atomic mass is 9.90. The monoisotopic (exact) mass is 552 g/mol. The Morgan fingerprint density at radius 2 is 1.77 bits per heavy atom. The Morgan fingerprint density at radius 1 is 1.12 bits per heavy atom. The number of nitrogens with zero attached hydrogens (tertiary/aromatic N) is 3. The second-order valence-electron chi connectivity index (χ2n) is 10.5. The van der Waals surface area contributed by atoms with Crippen molar-refractivity contribution in [1.82, 2.24) is 20.0 Å². The van der Waals surface area contributed by atoms with Crippen LogP contribution in [-0.2, 0) is 9.53 Å². The Kier molecular flexibility index (Phi) is 13.0. The zero-order chi connectivity index (χ0) is 29.7. The minimum absolute atomic E-state index is 0.202. The van der Waals surface area contributed by atoms with Gasteiger partial charge in [0.05, 0.1) is 17.9 Å². The van der Waals surface area contributed by atoms with Crippen LogP contribution < -0.4 is 5.32 Å².